The molecule has 0 aliphatic heterocycles. The van der Waals surface area contributed by atoms with Gasteiger partial charge in [-0.1, -0.05) is 0 Å². The van der Waals surface area contributed by atoms with Gasteiger partial charge < -0.3 is 0 Å². The van der Waals surface area contributed by atoms with E-state index >= 15 is 0 Å². The summed E-state index contributed by atoms with van der Waals surface area (Å²) in [7, 11) is 0. The van der Waals surface area contributed by atoms with Crippen molar-refractivity contribution in [2.24, 2.45) is 3.95 Å². The summed E-state index contributed by atoms with van der Waals surface area (Å²) in [6.07, 6.45) is 0. The molecule has 9 heavy (non-hydrogen) atoms. The summed E-state index contributed by atoms with van der Waals surface area (Å²) in [5.74, 6) is 0. The number of halogens is 1. The number of hydrogen-bond donors (Lipinski definition) is 1. The Labute approximate surface area is 60.4 Å². The van der Waals surface area contributed by atoms with Crippen molar-refractivity contribution in [1.82, 2.24) is 0 Å². The van der Waals surface area contributed by atoms with E-state index in [0.29, 0.717) is 0 Å². The third kappa shape index (κ3) is 2.42. The number of nitrogens with two attached hydrogens (primary N) is 1. The predicted molar refractivity (Wildman–Crippen MR) is 55.8 cm³/mol. The third-order valence-electron chi connectivity index (χ3n) is 2.40. The molecule has 0 saturated carbocycles. The number of rotatable bonds is 3. The molecule has 0 aromatic rings. The molecule has 0 heterocycles. The first kappa shape index (κ1) is 9.69. The van der Waals surface area contributed by atoms with Gasteiger partial charge in [-0.25, -0.2) is 0 Å². The summed E-state index contributed by atoms with van der Waals surface area (Å²) in [5.41, 5.74) is 0. The molecule has 0 fully saturated rings. The van der Waals surface area contributed by atoms with Crippen LogP contribution in [-0.2, 0) is 0 Å². The molecule has 0 spiro atoms. The molecule has 2 heteroatoms. The first-order valence-electron chi connectivity index (χ1n) is 3.52. The molecule has 60 valence electrons. The second-order valence-electron chi connectivity index (χ2n) is 2.85. The Hall–Kier alpha value is 0.690. The first-order chi connectivity index (χ1) is 3.96. The number of alkyl halides is 4. The first-order valence-corrected chi connectivity index (χ1v) is 11.5. The van der Waals surface area contributed by atoms with Crippen LogP contribution < -0.4 is 3.95 Å². The van der Waals surface area contributed by atoms with Crippen molar-refractivity contribution in [3.63, 3.8) is 0 Å². The number of hydrogen-bond acceptors (Lipinski definition) is 1. The van der Waals surface area contributed by atoms with Crippen LogP contribution in [0, 0.1) is 0 Å². The van der Waals surface area contributed by atoms with Gasteiger partial charge in [-0.2, -0.15) is 0 Å². The standard InChI is InChI=1S/C7H20IN/c1-5-8(4,9,6-2)7-3/h5-7,9H2,1-4H3. The van der Waals surface area contributed by atoms with Crippen LogP contribution in [0.2, 0.25) is 0 Å². The molecule has 0 unspecified atom stereocenters. The van der Waals surface area contributed by atoms with Crippen molar-refractivity contribution in [3.05, 3.63) is 0 Å². The molecule has 0 amide bonds. The normalized spacial score (nSPS) is 16.8. The van der Waals surface area contributed by atoms with E-state index in [1.165, 1.54) is 13.3 Å². The van der Waals surface area contributed by atoms with Crippen molar-refractivity contribution in [2.45, 2.75) is 20.8 Å². The van der Waals surface area contributed by atoms with Gasteiger partial charge in [-0.05, 0) is 0 Å². The fourth-order valence-corrected chi connectivity index (χ4v) is 3.80. The summed E-state index contributed by atoms with van der Waals surface area (Å²) in [6, 6.07) is 0. The van der Waals surface area contributed by atoms with Crippen LogP contribution in [0.4, 0.5) is 0 Å². The Morgan fingerprint density at radius 2 is 1.22 bits per heavy atom. The molecule has 0 aliphatic carbocycles. The van der Waals surface area contributed by atoms with Gasteiger partial charge in [0, 0.05) is 0 Å². The molecule has 0 aromatic heterocycles. The van der Waals surface area contributed by atoms with E-state index in [-0.39, 0.29) is 0 Å². The Morgan fingerprint density at radius 1 is 1.00 bits per heavy atom. The molecule has 0 radical (unpaired) electrons. The van der Waals surface area contributed by atoms with Crippen LogP contribution in [0.3, 0.4) is 0 Å². The van der Waals surface area contributed by atoms with E-state index < -0.39 is 17.3 Å². The molecule has 1 nitrogen and oxygen atoms in total. The Kier molecular flexibility index (Phi) is 2.95. The predicted octanol–water partition coefficient (Wildman–Crippen LogP) is 2.13. The summed E-state index contributed by atoms with van der Waals surface area (Å²) in [5, 5.41) is 0. The van der Waals surface area contributed by atoms with Gasteiger partial charge in [0.1, 0.15) is 0 Å². The monoisotopic (exact) mass is 245 g/mol. The van der Waals surface area contributed by atoms with E-state index in [2.05, 4.69) is 25.7 Å². The SMILES string of the molecule is CCI(C)(N)(CC)CC. The van der Waals surface area contributed by atoms with Crippen LogP contribution in [0.5, 0.6) is 0 Å². The molecule has 2 N–H and O–H groups in total. The zero-order valence-corrected chi connectivity index (χ0v) is 9.23. The topological polar surface area (TPSA) is 26.0 Å². The summed E-state index contributed by atoms with van der Waals surface area (Å²) < 4.78 is 10.1. The van der Waals surface area contributed by atoms with Gasteiger partial charge in [0.05, 0.1) is 0 Å². The van der Waals surface area contributed by atoms with E-state index in [0.717, 1.165) is 0 Å². The Balaban J connectivity index is 4.20. The molecule has 0 atom stereocenters. The second-order valence-corrected chi connectivity index (χ2v) is 19.1. The van der Waals surface area contributed by atoms with Gasteiger partial charge >= 0.3 is 60.3 Å². The maximum absolute atomic E-state index is 6.32. The second kappa shape index (κ2) is 2.74. The van der Waals surface area contributed by atoms with E-state index in [1.807, 2.05) is 0 Å². The van der Waals surface area contributed by atoms with Crippen LogP contribution in [0.1, 0.15) is 20.8 Å². The van der Waals surface area contributed by atoms with Crippen molar-refractivity contribution >= 4 is 17.3 Å². The fraction of sp³-hybridized carbons (Fsp3) is 1.00. The summed E-state index contributed by atoms with van der Waals surface area (Å²) >= 11 is -2.20. The zero-order valence-electron chi connectivity index (χ0n) is 7.08. The van der Waals surface area contributed by atoms with Crippen LogP contribution in [0.15, 0.2) is 0 Å². The molecule has 0 bridgehead atoms. The molecular formula is C7H20IN. The quantitative estimate of drug-likeness (QED) is 0.460. The van der Waals surface area contributed by atoms with E-state index in [4.69, 9.17) is 3.95 Å². The van der Waals surface area contributed by atoms with E-state index in [1.54, 1.807) is 0 Å². The average Bonchev–Trinajstić information content (AvgIpc) is 1.90. The maximum atomic E-state index is 6.32. The molecule has 0 saturated heterocycles. The average molecular weight is 245 g/mol. The Morgan fingerprint density at radius 3 is 1.22 bits per heavy atom. The van der Waals surface area contributed by atoms with Crippen molar-refractivity contribution in [3.8, 4) is 0 Å². The van der Waals surface area contributed by atoms with Crippen molar-refractivity contribution in [1.29, 1.82) is 0 Å². The molecule has 0 rings (SSSR count). The molecule has 0 aromatic carbocycles. The van der Waals surface area contributed by atoms with Crippen LogP contribution in [-0.4, -0.2) is 18.2 Å². The zero-order chi connectivity index (χ0) is 7.57. The van der Waals surface area contributed by atoms with Crippen molar-refractivity contribution in [2.75, 3.05) is 18.2 Å². The van der Waals surface area contributed by atoms with Gasteiger partial charge in [0.2, 0.25) is 0 Å². The van der Waals surface area contributed by atoms with Gasteiger partial charge in [-0.3, -0.25) is 0 Å². The summed E-state index contributed by atoms with van der Waals surface area (Å²) in [6.45, 7) is 6.71. The Bertz CT molecular complexity index is 80.1. The summed E-state index contributed by atoms with van der Waals surface area (Å²) in [4.78, 5) is 2.34. The minimum absolute atomic E-state index is 1.25. The van der Waals surface area contributed by atoms with Crippen molar-refractivity contribution < 1.29 is 0 Å². The van der Waals surface area contributed by atoms with Gasteiger partial charge in [0.25, 0.3) is 0 Å². The van der Waals surface area contributed by atoms with Crippen LogP contribution >= 0.6 is 17.3 Å². The van der Waals surface area contributed by atoms with Gasteiger partial charge in [-0.15, -0.1) is 0 Å². The van der Waals surface area contributed by atoms with Crippen LogP contribution in [0.25, 0.3) is 0 Å². The fourth-order valence-electron chi connectivity index (χ4n) is 0.567. The molecule has 0 aliphatic rings. The molecular weight excluding hydrogens is 225 g/mol. The van der Waals surface area contributed by atoms with E-state index in [9.17, 15) is 0 Å². The minimum atomic E-state index is -2.20. The van der Waals surface area contributed by atoms with Gasteiger partial charge in [0.15, 0.2) is 0 Å². The third-order valence-corrected chi connectivity index (χ3v) is 16.1.